The van der Waals surface area contributed by atoms with Gasteiger partial charge in [0, 0.05) is 10.6 Å². The van der Waals surface area contributed by atoms with Crippen LogP contribution in [0.4, 0.5) is 8.78 Å². The predicted octanol–water partition coefficient (Wildman–Crippen LogP) is 4.07. The van der Waals surface area contributed by atoms with E-state index >= 15 is 0 Å². The molecule has 5 heteroatoms. The van der Waals surface area contributed by atoms with Crippen LogP contribution in [-0.4, -0.2) is 11.4 Å². The van der Waals surface area contributed by atoms with Crippen molar-refractivity contribution >= 4 is 18.0 Å². The molecule has 0 aromatic heterocycles. The van der Waals surface area contributed by atoms with Crippen molar-refractivity contribution in [1.82, 2.24) is 0 Å². The van der Waals surface area contributed by atoms with Crippen molar-refractivity contribution in [1.29, 1.82) is 0 Å². The van der Waals surface area contributed by atoms with Crippen LogP contribution in [0.1, 0.15) is 11.1 Å². The van der Waals surface area contributed by atoms with E-state index in [1.54, 1.807) is 0 Å². The monoisotopic (exact) mass is 279 g/mol. The Morgan fingerprint density at radius 3 is 2.32 bits per heavy atom. The molecule has 0 aliphatic heterocycles. The van der Waals surface area contributed by atoms with E-state index in [0.717, 1.165) is 11.8 Å². The fourth-order valence-electron chi connectivity index (χ4n) is 1.57. The minimum atomic E-state index is -0.742. The molecule has 2 nitrogen and oxygen atoms in total. The van der Waals surface area contributed by atoms with Crippen LogP contribution in [-0.2, 0) is 5.75 Å². The molecule has 98 valence electrons. The number of nitrogens with zero attached hydrogens (tertiary/aromatic N) is 1. The summed E-state index contributed by atoms with van der Waals surface area (Å²) in [7, 11) is 0. The van der Waals surface area contributed by atoms with E-state index in [1.165, 1.54) is 23.9 Å². The highest BCUT2D eigenvalue weighted by Gasteiger charge is 2.10. The third kappa shape index (κ3) is 3.54. The Kier molecular flexibility index (Phi) is 4.52. The summed E-state index contributed by atoms with van der Waals surface area (Å²) in [4.78, 5) is 0.494. The fraction of sp³-hybridized carbons (Fsp3) is 0.0714. The largest absolute Gasteiger partial charge is 0.411 e. The maximum absolute atomic E-state index is 13.6. The Morgan fingerprint density at radius 1 is 1.11 bits per heavy atom. The van der Waals surface area contributed by atoms with Crippen molar-refractivity contribution in [2.75, 3.05) is 0 Å². The maximum Gasteiger partial charge on any atom is 0.136 e. The van der Waals surface area contributed by atoms with Crippen LogP contribution in [0.5, 0.6) is 0 Å². The topological polar surface area (TPSA) is 32.6 Å². The molecular formula is C14H11F2NOS. The van der Waals surface area contributed by atoms with Crippen molar-refractivity contribution in [3.8, 4) is 0 Å². The third-order valence-corrected chi connectivity index (χ3v) is 3.53. The molecule has 0 spiro atoms. The summed E-state index contributed by atoms with van der Waals surface area (Å²) < 4.78 is 27.1. The molecule has 0 aliphatic carbocycles. The Hall–Kier alpha value is -1.88. The average molecular weight is 279 g/mol. The van der Waals surface area contributed by atoms with Gasteiger partial charge in [-0.1, -0.05) is 35.5 Å². The normalized spacial score (nSPS) is 11.1. The van der Waals surface area contributed by atoms with Crippen LogP contribution < -0.4 is 0 Å². The Balaban J connectivity index is 2.14. The molecule has 0 aliphatic rings. The lowest BCUT2D eigenvalue weighted by atomic mass is 10.2. The van der Waals surface area contributed by atoms with Gasteiger partial charge in [0.1, 0.15) is 11.6 Å². The van der Waals surface area contributed by atoms with Crippen molar-refractivity contribution < 1.29 is 14.0 Å². The molecule has 2 aromatic rings. The zero-order valence-electron chi connectivity index (χ0n) is 9.88. The first-order valence-corrected chi connectivity index (χ1v) is 6.52. The Morgan fingerprint density at radius 2 is 1.74 bits per heavy atom. The summed E-state index contributed by atoms with van der Waals surface area (Å²) in [6.07, 6.45) is 0.746. The number of benzene rings is 2. The van der Waals surface area contributed by atoms with E-state index < -0.39 is 11.6 Å². The first kappa shape index (κ1) is 13.5. The van der Waals surface area contributed by atoms with Gasteiger partial charge in [-0.15, -0.1) is 11.8 Å². The minimum absolute atomic E-state index is 0.341. The first-order valence-electron chi connectivity index (χ1n) is 5.54. The molecule has 0 bridgehead atoms. The molecular weight excluding hydrogens is 268 g/mol. The zero-order chi connectivity index (χ0) is 13.7. The van der Waals surface area contributed by atoms with Gasteiger partial charge < -0.3 is 5.21 Å². The Labute approximate surface area is 113 Å². The number of hydrogen-bond acceptors (Lipinski definition) is 3. The standard InChI is InChI=1S/C14H11F2NOS/c15-13-6-11(7-14(16)12(13)8-17-18)19-9-10-4-2-1-3-5-10/h1-8,18H,9H2. The molecule has 0 saturated carbocycles. The van der Waals surface area contributed by atoms with Gasteiger partial charge >= 0.3 is 0 Å². The highest BCUT2D eigenvalue weighted by Crippen LogP contribution is 2.26. The smallest absolute Gasteiger partial charge is 0.136 e. The molecule has 19 heavy (non-hydrogen) atoms. The third-order valence-electron chi connectivity index (χ3n) is 2.49. The van der Waals surface area contributed by atoms with Gasteiger partial charge in [-0.25, -0.2) is 8.78 Å². The van der Waals surface area contributed by atoms with Crippen LogP contribution in [0.15, 0.2) is 52.5 Å². The molecule has 2 aromatic carbocycles. The molecule has 0 saturated heterocycles. The Bertz CT molecular complexity index is 564. The van der Waals surface area contributed by atoms with Crippen molar-refractivity contribution in [3.05, 3.63) is 65.2 Å². The van der Waals surface area contributed by atoms with Crippen molar-refractivity contribution in [2.24, 2.45) is 5.16 Å². The number of oxime groups is 1. The predicted molar refractivity (Wildman–Crippen MR) is 71.7 cm³/mol. The van der Waals surface area contributed by atoms with Gasteiger partial charge in [0.2, 0.25) is 0 Å². The number of halogens is 2. The number of hydrogen-bond donors (Lipinski definition) is 1. The molecule has 2 rings (SSSR count). The van der Waals surface area contributed by atoms with E-state index in [-0.39, 0.29) is 5.56 Å². The fourth-order valence-corrected chi connectivity index (χ4v) is 2.47. The van der Waals surface area contributed by atoms with Crippen LogP contribution in [0.2, 0.25) is 0 Å². The van der Waals surface area contributed by atoms with Gasteiger partial charge in [0.05, 0.1) is 11.8 Å². The highest BCUT2D eigenvalue weighted by molar-refractivity contribution is 7.98. The van der Waals surface area contributed by atoms with E-state index in [1.807, 2.05) is 30.3 Å². The van der Waals surface area contributed by atoms with E-state index in [9.17, 15) is 8.78 Å². The quantitative estimate of drug-likeness (QED) is 0.396. The summed E-state index contributed by atoms with van der Waals surface area (Å²) >= 11 is 1.34. The second-order valence-corrected chi connectivity index (χ2v) is 4.87. The summed E-state index contributed by atoms with van der Waals surface area (Å²) in [6.45, 7) is 0. The zero-order valence-corrected chi connectivity index (χ0v) is 10.7. The van der Waals surface area contributed by atoms with Crippen LogP contribution >= 0.6 is 11.8 Å². The molecule has 0 fully saturated rings. The van der Waals surface area contributed by atoms with Crippen molar-refractivity contribution in [2.45, 2.75) is 10.6 Å². The molecule has 0 radical (unpaired) electrons. The second-order valence-electron chi connectivity index (χ2n) is 3.82. The van der Waals surface area contributed by atoms with Crippen LogP contribution in [0.25, 0.3) is 0 Å². The summed E-state index contributed by atoms with van der Waals surface area (Å²) in [6, 6.07) is 12.1. The lowest BCUT2D eigenvalue weighted by molar-refractivity contribution is 0.321. The molecule has 1 N–H and O–H groups in total. The molecule has 0 heterocycles. The lowest BCUT2D eigenvalue weighted by Gasteiger charge is -2.05. The minimum Gasteiger partial charge on any atom is -0.411 e. The highest BCUT2D eigenvalue weighted by atomic mass is 32.2. The second kappa shape index (κ2) is 6.33. The maximum atomic E-state index is 13.6. The van der Waals surface area contributed by atoms with E-state index in [4.69, 9.17) is 5.21 Å². The first-order chi connectivity index (χ1) is 9.20. The average Bonchev–Trinajstić information content (AvgIpc) is 2.42. The molecule has 0 unspecified atom stereocenters. The van der Waals surface area contributed by atoms with Crippen molar-refractivity contribution in [3.63, 3.8) is 0 Å². The van der Waals surface area contributed by atoms with Gasteiger partial charge in [-0.05, 0) is 17.7 Å². The van der Waals surface area contributed by atoms with Crippen LogP contribution in [0.3, 0.4) is 0 Å². The van der Waals surface area contributed by atoms with E-state index in [2.05, 4.69) is 5.16 Å². The SMILES string of the molecule is ON=Cc1c(F)cc(SCc2ccccc2)cc1F. The van der Waals surface area contributed by atoms with Gasteiger partial charge in [0.25, 0.3) is 0 Å². The van der Waals surface area contributed by atoms with Gasteiger partial charge in [-0.3, -0.25) is 0 Å². The number of rotatable bonds is 4. The van der Waals surface area contributed by atoms with Crippen LogP contribution in [0, 0.1) is 11.6 Å². The van der Waals surface area contributed by atoms with Gasteiger partial charge in [0.15, 0.2) is 0 Å². The summed E-state index contributed by atoms with van der Waals surface area (Å²) in [5, 5.41) is 11.0. The van der Waals surface area contributed by atoms with E-state index in [0.29, 0.717) is 10.6 Å². The number of thioether (sulfide) groups is 1. The summed E-state index contributed by atoms with van der Waals surface area (Å²) in [5.74, 6) is -0.852. The lowest BCUT2D eigenvalue weighted by Crippen LogP contribution is -1.95. The molecule has 0 atom stereocenters. The van der Waals surface area contributed by atoms with Gasteiger partial charge in [-0.2, -0.15) is 0 Å². The molecule has 0 amide bonds. The summed E-state index contributed by atoms with van der Waals surface area (Å²) in [5.41, 5.74) is 0.737.